The summed E-state index contributed by atoms with van der Waals surface area (Å²) in [5.41, 5.74) is -0.236. The van der Waals surface area contributed by atoms with E-state index in [1.807, 2.05) is 0 Å². The molecule has 1 aliphatic carbocycles. The minimum absolute atomic E-state index is 0.254. The quantitative estimate of drug-likeness (QED) is 0.778. The third-order valence-corrected chi connectivity index (χ3v) is 2.48. The van der Waals surface area contributed by atoms with Crippen molar-refractivity contribution in [3.8, 4) is 0 Å². The molecular formula is C10H9F2NO2. The summed E-state index contributed by atoms with van der Waals surface area (Å²) in [7, 11) is 0. The van der Waals surface area contributed by atoms with Crippen LogP contribution >= 0.6 is 0 Å². The van der Waals surface area contributed by atoms with Crippen molar-refractivity contribution < 1.29 is 18.7 Å². The molecule has 0 fully saturated rings. The van der Waals surface area contributed by atoms with Crippen LogP contribution in [0.15, 0.2) is 12.1 Å². The van der Waals surface area contributed by atoms with E-state index in [2.05, 4.69) is 4.98 Å². The molecule has 0 bridgehead atoms. The zero-order chi connectivity index (χ0) is 11.1. The molecule has 2 rings (SSSR count). The SMILES string of the molecule is O=C(O)c1ccc2c(n1)C(F)(F)CCC2. The van der Waals surface area contributed by atoms with Crippen LogP contribution in [0.25, 0.3) is 0 Å². The molecule has 3 nitrogen and oxygen atoms in total. The van der Waals surface area contributed by atoms with Crippen LogP contribution in [0.5, 0.6) is 0 Å². The van der Waals surface area contributed by atoms with E-state index in [4.69, 9.17) is 5.11 Å². The van der Waals surface area contributed by atoms with E-state index >= 15 is 0 Å². The summed E-state index contributed by atoms with van der Waals surface area (Å²) in [6.45, 7) is 0. The number of fused-ring (bicyclic) bond motifs is 1. The van der Waals surface area contributed by atoms with Crippen LogP contribution in [-0.2, 0) is 12.3 Å². The van der Waals surface area contributed by atoms with Crippen molar-refractivity contribution in [3.63, 3.8) is 0 Å². The van der Waals surface area contributed by atoms with Crippen molar-refractivity contribution in [2.75, 3.05) is 0 Å². The summed E-state index contributed by atoms with van der Waals surface area (Å²) in [6.07, 6.45) is 0.696. The van der Waals surface area contributed by atoms with Gasteiger partial charge in [-0.15, -0.1) is 0 Å². The van der Waals surface area contributed by atoms with Gasteiger partial charge in [0, 0.05) is 6.42 Å². The Hall–Kier alpha value is -1.52. The molecule has 0 saturated carbocycles. The second kappa shape index (κ2) is 3.25. The fourth-order valence-corrected chi connectivity index (χ4v) is 1.74. The predicted octanol–water partition coefficient (Wildman–Crippen LogP) is 2.21. The molecule has 80 valence electrons. The first kappa shape index (κ1) is 10.0. The van der Waals surface area contributed by atoms with Crippen LogP contribution in [0.3, 0.4) is 0 Å². The van der Waals surface area contributed by atoms with E-state index in [-0.39, 0.29) is 17.8 Å². The van der Waals surface area contributed by atoms with Crippen molar-refractivity contribution in [2.45, 2.75) is 25.2 Å². The molecule has 5 heteroatoms. The zero-order valence-electron chi connectivity index (χ0n) is 7.83. The van der Waals surface area contributed by atoms with Gasteiger partial charge in [0.25, 0.3) is 5.92 Å². The molecule has 1 aromatic rings. The summed E-state index contributed by atoms with van der Waals surface area (Å²) >= 11 is 0. The molecule has 1 aromatic heterocycles. The number of halogens is 2. The van der Waals surface area contributed by atoms with Gasteiger partial charge >= 0.3 is 5.97 Å². The van der Waals surface area contributed by atoms with E-state index in [1.54, 1.807) is 0 Å². The number of nitrogens with zero attached hydrogens (tertiary/aromatic N) is 1. The number of aromatic nitrogens is 1. The van der Waals surface area contributed by atoms with Crippen LogP contribution in [-0.4, -0.2) is 16.1 Å². The fraction of sp³-hybridized carbons (Fsp3) is 0.400. The first-order chi connectivity index (χ1) is 7.00. The Balaban J connectivity index is 2.53. The van der Waals surface area contributed by atoms with Crippen LogP contribution in [0, 0.1) is 0 Å². The highest BCUT2D eigenvalue weighted by molar-refractivity contribution is 5.85. The maximum absolute atomic E-state index is 13.4. The highest BCUT2D eigenvalue weighted by Crippen LogP contribution is 2.38. The van der Waals surface area contributed by atoms with Crippen molar-refractivity contribution in [3.05, 3.63) is 29.1 Å². The number of rotatable bonds is 1. The number of carboxylic acid groups (broad SMARTS) is 1. The van der Waals surface area contributed by atoms with E-state index in [1.165, 1.54) is 12.1 Å². The van der Waals surface area contributed by atoms with Gasteiger partial charge < -0.3 is 5.11 Å². The third kappa shape index (κ3) is 1.69. The number of pyridine rings is 1. The van der Waals surface area contributed by atoms with Gasteiger partial charge in [-0.1, -0.05) is 6.07 Å². The Labute approximate surface area is 84.8 Å². The number of aryl methyl sites for hydroxylation is 1. The van der Waals surface area contributed by atoms with E-state index < -0.39 is 11.9 Å². The third-order valence-electron chi connectivity index (χ3n) is 2.48. The lowest BCUT2D eigenvalue weighted by Crippen LogP contribution is -2.24. The topological polar surface area (TPSA) is 50.2 Å². The summed E-state index contributed by atoms with van der Waals surface area (Å²) in [4.78, 5) is 14.1. The molecule has 0 saturated heterocycles. The molecule has 0 radical (unpaired) electrons. The molecule has 0 atom stereocenters. The Morgan fingerprint density at radius 1 is 1.47 bits per heavy atom. The minimum Gasteiger partial charge on any atom is -0.477 e. The van der Waals surface area contributed by atoms with Gasteiger partial charge in [0.2, 0.25) is 0 Å². The number of aromatic carboxylic acids is 1. The second-order valence-corrected chi connectivity index (χ2v) is 3.57. The van der Waals surface area contributed by atoms with E-state index in [0.717, 1.165) is 0 Å². The van der Waals surface area contributed by atoms with Gasteiger partial charge in [0.15, 0.2) is 0 Å². The molecule has 1 N–H and O–H groups in total. The van der Waals surface area contributed by atoms with Gasteiger partial charge in [0.1, 0.15) is 11.4 Å². The van der Waals surface area contributed by atoms with Gasteiger partial charge in [0.05, 0.1) is 0 Å². The summed E-state index contributed by atoms with van der Waals surface area (Å²) < 4.78 is 26.8. The van der Waals surface area contributed by atoms with Gasteiger partial charge in [-0.3, -0.25) is 0 Å². The zero-order valence-corrected chi connectivity index (χ0v) is 7.83. The number of carbonyl (C=O) groups is 1. The largest absolute Gasteiger partial charge is 0.477 e. The molecule has 1 aliphatic rings. The monoisotopic (exact) mass is 213 g/mol. The molecule has 0 unspecified atom stereocenters. The Bertz CT molecular complexity index is 418. The van der Waals surface area contributed by atoms with Crippen LogP contribution < -0.4 is 0 Å². The highest BCUT2D eigenvalue weighted by Gasteiger charge is 2.38. The normalized spacial score (nSPS) is 18.3. The first-order valence-corrected chi connectivity index (χ1v) is 4.62. The Kier molecular flexibility index (Phi) is 2.17. The van der Waals surface area contributed by atoms with Gasteiger partial charge in [-0.25, -0.2) is 9.78 Å². The molecule has 1 heterocycles. The Morgan fingerprint density at radius 3 is 2.87 bits per heavy atom. The van der Waals surface area contributed by atoms with Gasteiger partial charge in [-0.05, 0) is 24.5 Å². The van der Waals surface area contributed by atoms with Crippen LogP contribution in [0.4, 0.5) is 8.78 Å². The number of alkyl halides is 2. The number of hydrogen-bond acceptors (Lipinski definition) is 2. The molecule has 0 spiro atoms. The molecule has 15 heavy (non-hydrogen) atoms. The van der Waals surface area contributed by atoms with Gasteiger partial charge in [-0.2, -0.15) is 8.78 Å². The maximum atomic E-state index is 13.4. The second-order valence-electron chi connectivity index (χ2n) is 3.57. The lowest BCUT2D eigenvalue weighted by atomic mass is 9.92. The summed E-state index contributed by atoms with van der Waals surface area (Å²) in [5, 5.41) is 8.65. The van der Waals surface area contributed by atoms with Crippen molar-refractivity contribution >= 4 is 5.97 Å². The van der Waals surface area contributed by atoms with Crippen molar-refractivity contribution in [1.29, 1.82) is 0 Å². The number of hydrogen-bond donors (Lipinski definition) is 1. The summed E-state index contributed by atoms with van der Waals surface area (Å²) in [5.74, 6) is -4.27. The fourth-order valence-electron chi connectivity index (χ4n) is 1.74. The lowest BCUT2D eigenvalue weighted by molar-refractivity contribution is -0.0264. The maximum Gasteiger partial charge on any atom is 0.354 e. The first-order valence-electron chi connectivity index (χ1n) is 4.62. The van der Waals surface area contributed by atoms with Crippen LogP contribution in [0.2, 0.25) is 0 Å². The highest BCUT2D eigenvalue weighted by atomic mass is 19.3. The summed E-state index contributed by atoms with van der Waals surface area (Å²) in [6, 6.07) is 2.70. The average molecular weight is 213 g/mol. The average Bonchev–Trinajstić information content (AvgIpc) is 2.17. The number of carboxylic acids is 1. The minimum atomic E-state index is -2.99. The predicted molar refractivity (Wildman–Crippen MR) is 48.0 cm³/mol. The lowest BCUT2D eigenvalue weighted by Gasteiger charge is -2.23. The standard InChI is InChI=1S/C10H9F2NO2/c11-10(12)5-1-2-6-3-4-7(9(14)15)13-8(6)10/h3-4H,1-2,5H2,(H,14,15). The molecule has 0 aromatic carbocycles. The smallest absolute Gasteiger partial charge is 0.354 e. The Morgan fingerprint density at radius 2 is 2.20 bits per heavy atom. The van der Waals surface area contributed by atoms with Crippen molar-refractivity contribution in [1.82, 2.24) is 4.98 Å². The van der Waals surface area contributed by atoms with E-state index in [9.17, 15) is 13.6 Å². The molecule has 0 amide bonds. The molecular weight excluding hydrogens is 204 g/mol. The van der Waals surface area contributed by atoms with E-state index in [0.29, 0.717) is 18.4 Å². The molecule has 0 aliphatic heterocycles. The van der Waals surface area contributed by atoms with Crippen LogP contribution in [0.1, 0.15) is 34.6 Å². The van der Waals surface area contributed by atoms with Crippen molar-refractivity contribution in [2.24, 2.45) is 0 Å².